The normalized spacial score (nSPS) is 47.8. The van der Waals surface area contributed by atoms with Gasteiger partial charge in [0.25, 0.3) is 0 Å². The smallest absolute Gasteiger partial charge is 0.316 e. The van der Waals surface area contributed by atoms with Crippen LogP contribution in [0.4, 0.5) is 0 Å². The number of Topliss-reactive ketones (excluding diaryl/α,β-unsaturated/α-hetero) is 1. The van der Waals surface area contributed by atoms with Crippen molar-refractivity contribution in [2.75, 3.05) is 6.61 Å². The Labute approximate surface area is 237 Å². The standard InChI is InChI=1S/C32H44O8/c1-6-27-19(3)10-11-31(40-27)16-24-14-23(39-31)15-26(33)20(4)12-18(2)8-7-9-22-17-37-29-28(34)21(5)13-25(30(35)38-24)32(22,29)36/h7-9,12-13,18-19,23-27,29,33,36H,6,10-11,14-17H2,1-5H3/b8-7+,20-12+,22-9+/t18-,19-,23-,24-,25-,26-,27+,29+,31+,32+/m0/s1. The number of rotatable bonds is 1. The summed E-state index contributed by atoms with van der Waals surface area (Å²) < 4.78 is 25.1. The Balaban J connectivity index is 1.54. The molecular weight excluding hydrogens is 512 g/mol. The van der Waals surface area contributed by atoms with Gasteiger partial charge in [0.2, 0.25) is 0 Å². The summed E-state index contributed by atoms with van der Waals surface area (Å²) in [5.41, 5.74) is -0.159. The molecule has 1 spiro atoms. The van der Waals surface area contributed by atoms with Crippen molar-refractivity contribution in [3.8, 4) is 0 Å². The molecule has 3 fully saturated rings. The lowest BCUT2D eigenvalue weighted by molar-refractivity contribution is -0.337. The summed E-state index contributed by atoms with van der Waals surface area (Å²) in [6, 6.07) is 0. The first-order valence-electron chi connectivity index (χ1n) is 14.8. The van der Waals surface area contributed by atoms with Crippen LogP contribution < -0.4 is 0 Å². The summed E-state index contributed by atoms with van der Waals surface area (Å²) in [5, 5.41) is 23.1. The molecule has 0 aromatic rings. The number of aliphatic hydroxyl groups excluding tert-OH is 1. The van der Waals surface area contributed by atoms with Gasteiger partial charge in [0.15, 0.2) is 17.7 Å². The molecular formula is C32H44O8. The lowest BCUT2D eigenvalue weighted by Crippen LogP contribution is -2.57. The minimum atomic E-state index is -1.83. The monoisotopic (exact) mass is 556 g/mol. The molecule has 0 unspecified atom stereocenters. The number of esters is 1. The van der Waals surface area contributed by atoms with E-state index < -0.39 is 41.6 Å². The third kappa shape index (κ3) is 5.41. The van der Waals surface area contributed by atoms with E-state index >= 15 is 0 Å². The molecule has 8 nitrogen and oxygen atoms in total. The van der Waals surface area contributed by atoms with E-state index in [9.17, 15) is 19.8 Å². The Kier molecular flexibility index (Phi) is 8.30. The van der Waals surface area contributed by atoms with Crippen molar-refractivity contribution < 1.29 is 38.7 Å². The fourth-order valence-corrected chi connectivity index (χ4v) is 7.08. The van der Waals surface area contributed by atoms with Crippen LogP contribution in [-0.2, 0) is 28.5 Å². The molecule has 1 aliphatic carbocycles. The number of ketones is 1. The maximum Gasteiger partial charge on any atom is 0.316 e. The summed E-state index contributed by atoms with van der Waals surface area (Å²) in [5.74, 6) is -2.53. The van der Waals surface area contributed by atoms with E-state index in [4.69, 9.17) is 18.9 Å². The number of allylic oxidation sites excluding steroid dienone is 4. The predicted octanol–water partition coefficient (Wildman–Crippen LogP) is 4.10. The van der Waals surface area contributed by atoms with Crippen molar-refractivity contribution in [2.24, 2.45) is 17.8 Å². The molecule has 0 radical (unpaired) electrons. The quantitative estimate of drug-likeness (QED) is 0.367. The third-order valence-corrected chi connectivity index (χ3v) is 9.45. The van der Waals surface area contributed by atoms with Gasteiger partial charge in [0.05, 0.1) is 24.9 Å². The topological polar surface area (TPSA) is 112 Å². The van der Waals surface area contributed by atoms with Crippen molar-refractivity contribution in [1.82, 2.24) is 0 Å². The van der Waals surface area contributed by atoms with Crippen molar-refractivity contribution in [2.45, 2.75) is 115 Å². The maximum absolute atomic E-state index is 13.9. The van der Waals surface area contributed by atoms with E-state index in [-0.39, 0.29) is 30.5 Å². The molecule has 2 N–H and O–H groups in total. The Hall–Kier alpha value is -2.10. The average Bonchev–Trinajstić information content (AvgIpc) is 3.24. The molecule has 40 heavy (non-hydrogen) atoms. The number of fused-ring (bicyclic) bond motifs is 2. The molecule has 0 saturated carbocycles. The first-order chi connectivity index (χ1) is 19.0. The Morgan fingerprint density at radius 3 is 2.60 bits per heavy atom. The highest BCUT2D eigenvalue weighted by Gasteiger charge is 2.60. The molecule has 4 aliphatic heterocycles. The average molecular weight is 557 g/mol. The Morgan fingerprint density at radius 1 is 1.07 bits per heavy atom. The van der Waals surface area contributed by atoms with Gasteiger partial charge >= 0.3 is 5.97 Å². The van der Waals surface area contributed by atoms with Crippen LogP contribution in [0.2, 0.25) is 0 Å². The van der Waals surface area contributed by atoms with Crippen molar-refractivity contribution in [3.63, 3.8) is 0 Å². The zero-order valence-electron chi connectivity index (χ0n) is 24.3. The fraction of sp³-hybridized carbons (Fsp3) is 0.688. The Bertz CT molecular complexity index is 1140. The van der Waals surface area contributed by atoms with E-state index in [0.717, 1.165) is 18.4 Å². The van der Waals surface area contributed by atoms with Gasteiger partial charge in [-0.15, -0.1) is 0 Å². The van der Waals surface area contributed by atoms with Crippen molar-refractivity contribution >= 4 is 11.8 Å². The minimum Gasteiger partial charge on any atom is -0.462 e. The third-order valence-electron chi connectivity index (χ3n) is 9.45. The number of carbonyl (C=O) groups excluding carboxylic acids is 2. The highest BCUT2D eigenvalue weighted by molar-refractivity contribution is 6.03. The van der Waals surface area contributed by atoms with Crippen LogP contribution >= 0.6 is 0 Å². The van der Waals surface area contributed by atoms with E-state index in [1.54, 1.807) is 19.1 Å². The predicted molar refractivity (Wildman–Crippen MR) is 148 cm³/mol. The lowest BCUT2D eigenvalue weighted by Gasteiger charge is -2.50. The lowest BCUT2D eigenvalue weighted by atomic mass is 9.71. The molecule has 0 aromatic carbocycles. The maximum atomic E-state index is 13.9. The molecule has 5 rings (SSSR count). The van der Waals surface area contributed by atoms with Crippen LogP contribution in [0.15, 0.2) is 47.1 Å². The molecule has 3 saturated heterocycles. The molecule has 220 valence electrons. The molecule has 2 bridgehead atoms. The van der Waals surface area contributed by atoms with Crippen LogP contribution in [-0.4, -0.2) is 70.5 Å². The number of hydrogen-bond acceptors (Lipinski definition) is 8. The van der Waals surface area contributed by atoms with Crippen LogP contribution in [0, 0.1) is 17.8 Å². The molecule has 0 amide bonds. The summed E-state index contributed by atoms with van der Waals surface area (Å²) in [6.45, 7) is 9.87. The minimum absolute atomic E-state index is 0.00269. The molecule has 0 aromatic heterocycles. The summed E-state index contributed by atoms with van der Waals surface area (Å²) in [7, 11) is 0. The number of aliphatic hydroxyl groups is 2. The van der Waals surface area contributed by atoms with Crippen molar-refractivity contribution in [3.05, 3.63) is 47.1 Å². The molecule has 4 heterocycles. The molecule has 8 heteroatoms. The van der Waals surface area contributed by atoms with Crippen LogP contribution in [0.5, 0.6) is 0 Å². The summed E-state index contributed by atoms with van der Waals surface area (Å²) >= 11 is 0. The second-order valence-corrected chi connectivity index (χ2v) is 12.5. The number of ether oxygens (including phenoxy) is 4. The highest BCUT2D eigenvalue weighted by Crippen LogP contribution is 2.46. The van der Waals surface area contributed by atoms with Crippen LogP contribution in [0.25, 0.3) is 0 Å². The largest absolute Gasteiger partial charge is 0.462 e. The first kappa shape index (κ1) is 29.4. The van der Waals surface area contributed by atoms with Gasteiger partial charge < -0.3 is 29.2 Å². The zero-order chi connectivity index (χ0) is 28.8. The zero-order valence-corrected chi connectivity index (χ0v) is 24.3. The van der Waals surface area contributed by atoms with E-state index in [0.29, 0.717) is 42.7 Å². The second kappa shape index (κ2) is 11.3. The van der Waals surface area contributed by atoms with Gasteiger partial charge in [-0.05, 0) is 55.2 Å². The van der Waals surface area contributed by atoms with Gasteiger partial charge in [0.1, 0.15) is 17.6 Å². The number of hydrogen-bond donors (Lipinski definition) is 2. The van der Waals surface area contributed by atoms with E-state index in [1.807, 2.05) is 26.0 Å². The van der Waals surface area contributed by atoms with Crippen LogP contribution in [0.1, 0.15) is 73.1 Å². The van der Waals surface area contributed by atoms with Gasteiger partial charge in [0, 0.05) is 25.7 Å². The van der Waals surface area contributed by atoms with Crippen LogP contribution in [0.3, 0.4) is 0 Å². The summed E-state index contributed by atoms with van der Waals surface area (Å²) in [6.07, 6.45) is 9.80. The molecule has 10 atom stereocenters. The van der Waals surface area contributed by atoms with E-state index in [1.165, 1.54) is 6.08 Å². The Morgan fingerprint density at radius 2 is 1.85 bits per heavy atom. The number of carbonyl (C=O) groups is 2. The van der Waals surface area contributed by atoms with Gasteiger partial charge in [-0.2, -0.15) is 0 Å². The van der Waals surface area contributed by atoms with Gasteiger partial charge in [-0.3, -0.25) is 9.59 Å². The molecule has 5 aliphatic rings. The fourth-order valence-electron chi connectivity index (χ4n) is 7.08. The van der Waals surface area contributed by atoms with E-state index in [2.05, 4.69) is 13.8 Å². The van der Waals surface area contributed by atoms with Crippen molar-refractivity contribution in [1.29, 1.82) is 0 Å². The first-order valence-corrected chi connectivity index (χ1v) is 14.8. The second-order valence-electron chi connectivity index (χ2n) is 12.5. The SMILES string of the molecule is CC[C@H]1O[C@]2(CC[C@@H]1C)C[C@@H]1C[C@@H](C[C@H](O)/C(C)=C/[C@@H](C)/C=C/C=C3\CO[C@@H]4C(=O)C(C)=C[C@@H](C(=O)O1)[C@]34O)O2. The summed E-state index contributed by atoms with van der Waals surface area (Å²) in [4.78, 5) is 26.8. The van der Waals surface area contributed by atoms with Gasteiger partial charge in [-0.1, -0.05) is 51.2 Å². The highest BCUT2D eigenvalue weighted by atomic mass is 16.7. The van der Waals surface area contributed by atoms with Gasteiger partial charge in [-0.25, -0.2) is 0 Å².